The normalized spacial score (nSPS) is 15.0. The number of unbranched alkanes of at least 4 members (excludes halogenated alkanes) is 1. The third kappa shape index (κ3) is 5.72. The van der Waals surface area contributed by atoms with E-state index in [1.807, 2.05) is 0 Å². The van der Waals surface area contributed by atoms with E-state index in [2.05, 4.69) is 22.9 Å². The minimum atomic E-state index is -0.342. The summed E-state index contributed by atoms with van der Waals surface area (Å²) in [4.78, 5) is 25.7. The molecule has 132 valence electrons. The van der Waals surface area contributed by atoms with Gasteiger partial charge < -0.3 is 20.9 Å². The molecule has 7 heteroatoms. The zero-order chi connectivity index (χ0) is 17.4. The van der Waals surface area contributed by atoms with Crippen molar-refractivity contribution >= 4 is 17.7 Å². The Balaban J connectivity index is 1.69. The first-order valence-corrected chi connectivity index (χ1v) is 8.44. The molecule has 2 rings (SSSR count). The largest absolute Gasteiger partial charge is 0.338 e. The SMILES string of the molecule is CCCCNC(=O)N1CCC(NC(=O)Nc2ccc(F)cc2)CC1. The van der Waals surface area contributed by atoms with E-state index in [1.54, 1.807) is 4.90 Å². The van der Waals surface area contributed by atoms with Gasteiger partial charge in [0.2, 0.25) is 0 Å². The number of hydrogen-bond donors (Lipinski definition) is 3. The zero-order valence-corrected chi connectivity index (χ0v) is 14.0. The fourth-order valence-corrected chi connectivity index (χ4v) is 2.60. The minimum absolute atomic E-state index is 0.0299. The van der Waals surface area contributed by atoms with Gasteiger partial charge in [0.1, 0.15) is 5.82 Å². The Hall–Kier alpha value is -2.31. The highest BCUT2D eigenvalue weighted by Gasteiger charge is 2.23. The van der Waals surface area contributed by atoms with Crippen molar-refractivity contribution in [2.24, 2.45) is 0 Å². The molecular formula is C17H25FN4O2. The maximum Gasteiger partial charge on any atom is 0.319 e. The topological polar surface area (TPSA) is 73.5 Å². The molecule has 0 aromatic heterocycles. The first kappa shape index (κ1) is 18.0. The Kier molecular flexibility index (Phi) is 6.84. The van der Waals surface area contributed by atoms with Crippen molar-refractivity contribution in [2.45, 2.75) is 38.6 Å². The van der Waals surface area contributed by atoms with Gasteiger partial charge in [0, 0.05) is 31.4 Å². The third-order valence-corrected chi connectivity index (χ3v) is 4.03. The second-order valence-corrected chi connectivity index (χ2v) is 5.95. The molecule has 6 nitrogen and oxygen atoms in total. The average Bonchev–Trinajstić information content (AvgIpc) is 2.58. The summed E-state index contributed by atoms with van der Waals surface area (Å²) >= 11 is 0. The summed E-state index contributed by atoms with van der Waals surface area (Å²) in [5, 5.41) is 8.47. The number of nitrogens with one attached hydrogen (secondary N) is 3. The fourth-order valence-electron chi connectivity index (χ4n) is 2.60. The van der Waals surface area contributed by atoms with Gasteiger partial charge in [0.15, 0.2) is 0 Å². The maximum absolute atomic E-state index is 12.8. The molecule has 0 unspecified atom stereocenters. The molecule has 0 bridgehead atoms. The molecule has 0 saturated carbocycles. The number of likely N-dealkylation sites (tertiary alicyclic amines) is 1. The van der Waals surface area contributed by atoms with Crippen LogP contribution in [0.5, 0.6) is 0 Å². The molecule has 0 radical (unpaired) electrons. The van der Waals surface area contributed by atoms with Gasteiger partial charge in [-0.25, -0.2) is 14.0 Å². The summed E-state index contributed by atoms with van der Waals surface area (Å²) in [7, 11) is 0. The van der Waals surface area contributed by atoms with Crippen LogP contribution in [0.25, 0.3) is 0 Å². The van der Waals surface area contributed by atoms with E-state index in [0.29, 0.717) is 25.3 Å². The van der Waals surface area contributed by atoms with Crippen LogP contribution in [0.2, 0.25) is 0 Å². The summed E-state index contributed by atoms with van der Waals surface area (Å²) in [6.45, 7) is 4.03. The predicted octanol–water partition coefficient (Wildman–Crippen LogP) is 2.92. The number of benzene rings is 1. The van der Waals surface area contributed by atoms with Crippen molar-refractivity contribution < 1.29 is 14.0 Å². The average molecular weight is 336 g/mol. The van der Waals surface area contributed by atoms with Crippen LogP contribution in [-0.4, -0.2) is 42.6 Å². The minimum Gasteiger partial charge on any atom is -0.338 e. The smallest absolute Gasteiger partial charge is 0.319 e. The third-order valence-electron chi connectivity index (χ3n) is 4.03. The number of anilines is 1. The number of carbonyl (C=O) groups excluding carboxylic acids is 2. The zero-order valence-electron chi connectivity index (χ0n) is 14.0. The van der Waals surface area contributed by atoms with Crippen molar-refractivity contribution in [2.75, 3.05) is 25.0 Å². The second-order valence-electron chi connectivity index (χ2n) is 5.95. The molecule has 1 aromatic carbocycles. The number of hydrogen-bond acceptors (Lipinski definition) is 2. The van der Waals surface area contributed by atoms with E-state index in [4.69, 9.17) is 0 Å². The van der Waals surface area contributed by atoms with E-state index < -0.39 is 0 Å². The van der Waals surface area contributed by atoms with Crippen molar-refractivity contribution in [1.82, 2.24) is 15.5 Å². The lowest BCUT2D eigenvalue weighted by Gasteiger charge is -2.32. The second kappa shape index (κ2) is 9.10. The Morgan fingerprint density at radius 3 is 2.50 bits per heavy atom. The molecule has 3 N–H and O–H groups in total. The molecule has 0 spiro atoms. The molecule has 1 fully saturated rings. The van der Waals surface area contributed by atoms with Crippen molar-refractivity contribution in [3.63, 3.8) is 0 Å². The van der Waals surface area contributed by atoms with Gasteiger partial charge in [-0.2, -0.15) is 0 Å². The number of halogens is 1. The number of rotatable bonds is 5. The number of amides is 4. The standard InChI is InChI=1S/C17H25FN4O2/c1-2-3-10-19-17(24)22-11-8-15(9-12-22)21-16(23)20-14-6-4-13(18)5-7-14/h4-7,15H,2-3,8-12H2,1H3,(H,19,24)(H2,20,21,23). The van der Waals surface area contributed by atoms with Crippen LogP contribution in [0.4, 0.5) is 19.7 Å². The summed E-state index contributed by atoms with van der Waals surface area (Å²) < 4.78 is 12.8. The van der Waals surface area contributed by atoms with E-state index in [0.717, 1.165) is 25.7 Å². The van der Waals surface area contributed by atoms with Gasteiger partial charge in [-0.15, -0.1) is 0 Å². The first-order chi connectivity index (χ1) is 11.6. The van der Waals surface area contributed by atoms with Crippen LogP contribution in [0, 0.1) is 5.82 Å². The van der Waals surface area contributed by atoms with E-state index >= 15 is 0 Å². The monoisotopic (exact) mass is 336 g/mol. The lowest BCUT2D eigenvalue weighted by molar-refractivity contribution is 0.177. The Morgan fingerprint density at radius 1 is 1.21 bits per heavy atom. The van der Waals surface area contributed by atoms with Crippen LogP contribution >= 0.6 is 0 Å². The molecule has 1 aliphatic heterocycles. The molecule has 0 atom stereocenters. The summed E-state index contributed by atoms with van der Waals surface area (Å²) in [6.07, 6.45) is 3.47. The fraction of sp³-hybridized carbons (Fsp3) is 0.529. The van der Waals surface area contributed by atoms with Gasteiger partial charge >= 0.3 is 12.1 Å². The highest BCUT2D eigenvalue weighted by atomic mass is 19.1. The lowest BCUT2D eigenvalue weighted by atomic mass is 10.1. The number of nitrogens with zero attached hydrogens (tertiary/aromatic N) is 1. The molecule has 24 heavy (non-hydrogen) atoms. The van der Waals surface area contributed by atoms with Crippen molar-refractivity contribution in [3.05, 3.63) is 30.1 Å². The molecule has 4 amide bonds. The molecule has 1 saturated heterocycles. The van der Waals surface area contributed by atoms with Crippen LogP contribution in [-0.2, 0) is 0 Å². The van der Waals surface area contributed by atoms with Gasteiger partial charge in [-0.05, 0) is 43.5 Å². The molecule has 1 aromatic rings. The summed E-state index contributed by atoms with van der Waals surface area (Å²) in [6, 6.07) is 5.31. The van der Waals surface area contributed by atoms with Crippen molar-refractivity contribution in [3.8, 4) is 0 Å². The van der Waals surface area contributed by atoms with Crippen LogP contribution in [0.1, 0.15) is 32.6 Å². The molecule has 1 heterocycles. The van der Waals surface area contributed by atoms with Crippen LogP contribution in [0.15, 0.2) is 24.3 Å². The molecular weight excluding hydrogens is 311 g/mol. The lowest BCUT2D eigenvalue weighted by Crippen LogP contribution is -2.50. The van der Waals surface area contributed by atoms with E-state index in [9.17, 15) is 14.0 Å². The highest BCUT2D eigenvalue weighted by molar-refractivity contribution is 5.89. The Labute approximate surface area is 141 Å². The van der Waals surface area contributed by atoms with Gasteiger partial charge in [-0.1, -0.05) is 13.3 Å². The van der Waals surface area contributed by atoms with Gasteiger partial charge in [0.05, 0.1) is 0 Å². The number of carbonyl (C=O) groups is 2. The quantitative estimate of drug-likeness (QED) is 0.723. The first-order valence-electron chi connectivity index (χ1n) is 8.44. The van der Waals surface area contributed by atoms with Gasteiger partial charge in [0.25, 0.3) is 0 Å². The summed E-state index contributed by atoms with van der Waals surface area (Å²) in [5.74, 6) is -0.342. The summed E-state index contributed by atoms with van der Waals surface area (Å²) in [5.41, 5.74) is 0.543. The predicted molar refractivity (Wildman–Crippen MR) is 91.5 cm³/mol. The van der Waals surface area contributed by atoms with E-state index in [1.165, 1.54) is 24.3 Å². The molecule has 0 aliphatic carbocycles. The van der Waals surface area contributed by atoms with Crippen LogP contribution in [0.3, 0.4) is 0 Å². The van der Waals surface area contributed by atoms with Crippen molar-refractivity contribution in [1.29, 1.82) is 0 Å². The maximum atomic E-state index is 12.8. The Morgan fingerprint density at radius 2 is 1.88 bits per heavy atom. The number of urea groups is 2. The van der Waals surface area contributed by atoms with E-state index in [-0.39, 0.29) is 23.9 Å². The van der Waals surface area contributed by atoms with Gasteiger partial charge in [-0.3, -0.25) is 0 Å². The Bertz CT molecular complexity index is 542. The van der Waals surface area contributed by atoms with Crippen LogP contribution < -0.4 is 16.0 Å². The molecule has 1 aliphatic rings. The number of piperidine rings is 1. The highest BCUT2D eigenvalue weighted by Crippen LogP contribution is 2.12.